The molecule has 0 fully saturated rings. The van der Waals surface area contributed by atoms with Crippen molar-refractivity contribution in [1.29, 1.82) is 0 Å². The van der Waals surface area contributed by atoms with Gasteiger partial charge in [-0.25, -0.2) is 14.2 Å². The number of anilines is 1. The number of aromatic carboxylic acids is 1. The van der Waals surface area contributed by atoms with Crippen LogP contribution in [0.15, 0.2) is 60.1 Å². The zero-order valence-corrected chi connectivity index (χ0v) is 16.6. The fraction of sp³-hybridized carbons (Fsp3) is 0.0870. The number of hydrogen-bond acceptors (Lipinski definition) is 5. The number of nitrogens with zero attached hydrogens (tertiary/aromatic N) is 1. The highest BCUT2D eigenvalue weighted by Crippen LogP contribution is 2.38. The number of halogens is 1. The van der Waals surface area contributed by atoms with Gasteiger partial charge in [0.15, 0.2) is 0 Å². The largest absolute Gasteiger partial charge is 0.478 e. The molecule has 5 nitrogen and oxygen atoms in total. The summed E-state index contributed by atoms with van der Waals surface area (Å²) in [5.74, 6) is -1.13. The molecule has 0 spiro atoms. The number of thiophene rings is 1. The van der Waals surface area contributed by atoms with E-state index in [1.54, 1.807) is 12.1 Å². The van der Waals surface area contributed by atoms with Crippen molar-refractivity contribution in [1.82, 2.24) is 4.98 Å². The minimum absolute atomic E-state index is 0.00567. The van der Waals surface area contributed by atoms with Gasteiger partial charge in [0.05, 0.1) is 10.3 Å². The normalized spacial score (nSPS) is 11.0. The molecule has 7 heteroatoms. The van der Waals surface area contributed by atoms with Crippen LogP contribution in [0.4, 0.5) is 10.2 Å². The summed E-state index contributed by atoms with van der Waals surface area (Å²) in [7, 11) is 0. The van der Waals surface area contributed by atoms with Gasteiger partial charge in [-0.2, -0.15) is 0 Å². The van der Waals surface area contributed by atoms with E-state index in [0.717, 1.165) is 16.7 Å². The fourth-order valence-electron chi connectivity index (χ4n) is 3.40. The predicted octanol–water partition coefficient (Wildman–Crippen LogP) is 4.74. The van der Waals surface area contributed by atoms with E-state index in [9.17, 15) is 19.1 Å². The summed E-state index contributed by atoms with van der Waals surface area (Å²) in [6, 6.07) is 13.5. The van der Waals surface area contributed by atoms with Gasteiger partial charge >= 0.3 is 5.97 Å². The number of carbonyl (C=O) groups is 2. The van der Waals surface area contributed by atoms with Crippen LogP contribution in [0.5, 0.6) is 0 Å². The summed E-state index contributed by atoms with van der Waals surface area (Å²) in [4.78, 5) is 27.8. The van der Waals surface area contributed by atoms with Crippen LogP contribution in [-0.4, -0.2) is 21.8 Å². The number of Topliss-reactive ketones (excluding diaryl/α,β-unsaturated/α-hetero) is 1. The van der Waals surface area contributed by atoms with Crippen LogP contribution < -0.4 is 5.73 Å². The number of ketones is 1. The van der Waals surface area contributed by atoms with Crippen LogP contribution in [0.2, 0.25) is 0 Å². The number of aromatic nitrogens is 1. The fourth-order valence-corrected chi connectivity index (χ4v) is 4.49. The summed E-state index contributed by atoms with van der Waals surface area (Å²) < 4.78 is 13.9. The van der Waals surface area contributed by atoms with E-state index in [1.165, 1.54) is 29.7 Å². The molecular formula is C23H17FN2O3S. The molecule has 4 aromatic rings. The van der Waals surface area contributed by atoms with Gasteiger partial charge in [0.25, 0.3) is 0 Å². The molecule has 2 heterocycles. The van der Waals surface area contributed by atoms with Crippen molar-refractivity contribution in [2.45, 2.75) is 12.8 Å². The van der Waals surface area contributed by atoms with E-state index in [0.29, 0.717) is 15.6 Å². The van der Waals surface area contributed by atoms with E-state index in [1.807, 2.05) is 29.6 Å². The Morgan fingerprint density at radius 3 is 2.50 bits per heavy atom. The predicted molar refractivity (Wildman–Crippen MR) is 115 cm³/mol. The molecule has 30 heavy (non-hydrogen) atoms. The quantitative estimate of drug-likeness (QED) is 0.470. The Kier molecular flexibility index (Phi) is 5.29. The number of fused-ring (bicyclic) bond motifs is 1. The van der Waals surface area contributed by atoms with Crippen LogP contribution >= 0.6 is 11.3 Å². The van der Waals surface area contributed by atoms with Crippen molar-refractivity contribution < 1.29 is 19.1 Å². The van der Waals surface area contributed by atoms with Crippen LogP contribution in [0, 0.1) is 5.82 Å². The van der Waals surface area contributed by atoms with E-state index in [4.69, 9.17) is 5.73 Å². The SMILES string of the molecule is Nc1ncc(C(=O)O)c2scc(-c3ccc(CC(=O)Cc4cccc(F)c4)cc3)c12. The smallest absolute Gasteiger partial charge is 0.338 e. The number of carboxylic acid groups (broad SMARTS) is 1. The first-order valence-electron chi connectivity index (χ1n) is 9.17. The lowest BCUT2D eigenvalue weighted by atomic mass is 9.99. The van der Waals surface area contributed by atoms with E-state index >= 15 is 0 Å². The number of carbonyl (C=O) groups excluding carboxylic acids is 1. The third kappa shape index (κ3) is 3.92. The van der Waals surface area contributed by atoms with Gasteiger partial charge in [-0.1, -0.05) is 36.4 Å². The Balaban J connectivity index is 1.56. The molecule has 0 aliphatic rings. The molecule has 4 rings (SSSR count). The number of nitrogens with two attached hydrogens (primary N) is 1. The maximum absolute atomic E-state index is 13.3. The van der Waals surface area contributed by atoms with Crippen LogP contribution in [0.25, 0.3) is 21.2 Å². The third-order valence-corrected chi connectivity index (χ3v) is 5.82. The second-order valence-corrected chi connectivity index (χ2v) is 7.81. The summed E-state index contributed by atoms with van der Waals surface area (Å²) in [6.45, 7) is 0. The first-order valence-corrected chi connectivity index (χ1v) is 10.0. The van der Waals surface area contributed by atoms with Crippen LogP contribution in [0.3, 0.4) is 0 Å². The van der Waals surface area contributed by atoms with Crippen molar-refractivity contribution in [3.8, 4) is 11.1 Å². The molecular weight excluding hydrogens is 403 g/mol. The Morgan fingerprint density at radius 1 is 1.07 bits per heavy atom. The van der Waals surface area contributed by atoms with Crippen molar-refractivity contribution in [3.63, 3.8) is 0 Å². The molecule has 2 aromatic heterocycles. The van der Waals surface area contributed by atoms with Gasteiger partial charge in [0, 0.05) is 30.0 Å². The highest BCUT2D eigenvalue weighted by molar-refractivity contribution is 7.18. The van der Waals surface area contributed by atoms with Crippen molar-refractivity contribution >= 4 is 39.0 Å². The molecule has 0 saturated heterocycles. The van der Waals surface area contributed by atoms with Gasteiger partial charge < -0.3 is 10.8 Å². The molecule has 0 unspecified atom stereocenters. The maximum Gasteiger partial charge on any atom is 0.338 e. The molecule has 0 atom stereocenters. The second-order valence-electron chi connectivity index (χ2n) is 6.93. The lowest BCUT2D eigenvalue weighted by Gasteiger charge is -2.06. The molecule has 0 amide bonds. The first kappa shape index (κ1) is 19.7. The zero-order valence-electron chi connectivity index (χ0n) is 15.8. The molecule has 150 valence electrons. The highest BCUT2D eigenvalue weighted by Gasteiger charge is 2.17. The number of hydrogen-bond donors (Lipinski definition) is 2. The molecule has 0 radical (unpaired) electrons. The average molecular weight is 420 g/mol. The standard InChI is InChI=1S/C23H17FN2O3S/c24-16-3-1-2-14(8-16)10-17(27)9-13-4-6-15(7-5-13)19-12-30-21-18(23(28)29)11-26-22(25)20(19)21/h1-8,11-12H,9-10H2,(H2,25,26)(H,28,29). The molecule has 0 saturated carbocycles. The number of nitrogen functional groups attached to an aromatic ring is 1. The van der Waals surface area contributed by atoms with Crippen LogP contribution in [-0.2, 0) is 17.6 Å². The Bertz CT molecular complexity index is 1270. The van der Waals surface area contributed by atoms with Gasteiger partial charge in [-0.3, -0.25) is 4.79 Å². The molecule has 0 aliphatic heterocycles. The summed E-state index contributed by atoms with van der Waals surface area (Å²) in [6.07, 6.45) is 1.69. The van der Waals surface area contributed by atoms with Crippen molar-refractivity contribution in [2.75, 3.05) is 5.73 Å². The monoisotopic (exact) mass is 420 g/mol. The molecule has 3 N–H and O–H groups in total. The van der Waals surface area contributed by atoms with Crippen molar-refractivity contribution in [3.05, 3.63) is 82.6 Å². The number of pyridine rings is 1. The highest BCUT2D eigenvalue weighted by atomic mass is 32.1. The average Bonchev–Trinajstić information content (AvgIpc) is 3.14. The number of benzene rings is 2. The topological polar surface area (TPSA) is 93.3 Å². The van der Waals surface area contributed by atoms with E-state index < -0.39 is 5.97 Å². The minimum atomic E-state index is -1.05. The lowest BCUT2D eigenvalue weighted by Crippen LogP contribution is -2.06. The summed E-state index contributed by atoms with van der Waals surface area (Å²) in [5.41, 5.74) is 9.30. The summed E-state index contributed by atoms with van der Waals surface area (Å²) >= 11 is 1.31. The Morgan fingerprint density at radius 2 is 1.80 bits per heavy atom. The maximum atomic E-state index is 13.3. The van der Waals surface area contributed by atoms with Gasteiger partial charge in [0.1, 0.15) is 17.4 Å². The zero-order chi connectivity index (χ0) is 21.3. The molecule has 0 bridgehead atoms. The molecule has 0 aliphatic carbocycles. The first-order chi connectivity index (χ1) is 14.4. The van der Waals surface area contributed by atoms with Gasteiger partial charge in [0.2, 0.25) is 0 Å². The molecule has 2 aromatic carbocycles. The number of rotatable bonds is 6. The Labute approximate surface area is 175 Å². The summed E-state index contributed by atoms with van der Waals surface area (Å²) in [5, 5.41) is 11.8. The van der Waals surface area contributed by atoms with E-state index in [2.05, 4.69) is 4.98 Å². The Hall–Kier alpha value is -3.58. The second kappa shape index (κ2) is 8.04. The van der Waals surface area contributed by atoms with Gasteiger partial charge in [-0.05, 0) is 34.2 Å². The third-order valence-electron chi connectivity index (χ3n) is 4.81. The van der Waals surface area contributed by atoms with Crippen molar-refractivity contribution in [2.24, 2.45) is 0 Å². The number of carboxylic acids is 1. The van der Waals surface area contributed by atoms with Crippen LogP contribution in [0.1, 0.15) is 21.5 Å². The van der Waals surface area contributed by atoms with Gasteiger partial charge in [-0.15, -0.1) is 11.3 Å². The lowest BCUT2D eigenvalue weighted by molar-refractivity contribution is -0.117. The van der Waals surface area contributed by atoms with E-state index in [-0.39, 0.29) is 35.8 Å². The minimum Gasteiger partial charge on any atom is -0.478 e.